The van der Waals surface area contributed by atoms with E-state index >= 15 is 0 Å². The Kier molecular flexibility index (Phi) is 9.81. The van der Waals surface area contributed by atoms with Gasteiger partial charge in [0.05, 0.1) is 0 Å². The van der Waals surface area contributed by atoms with Crippen molar-refractivity contribution in [2.75, 3.05) is 5.75 Å². The van der Waals surface area contributed by atoms with Crippen molar-refractivity contribution in [2.45, 2.75) is 60.8 Å². The first-order valence-electron chi connectivity index (χ1n) is 7.03. The van der Waals surface area contributed by atoms with Crippen molar-refractivity contribution in [3.8, 4) is 0 Å². The van der Waals surface area contributed by atoms with Gasteiger partial charge >= 0.3 is 0 Å². The summed E-state index contributed by atoms with van der Waals surface area (Å²) in [4.78, 5) is 0. The van der Waals surface area contributed by atoms with Crippen LogP contribution in [-0.2, 0) is 0 Å². The van der Waals surface area contributed by atoms with Gasteiger partial charge in [0.1, 0.15) is 0 Å². The maximum absolute atomic E-state index is 4.77. The predicted molar refractivity (Wildman–Crippen MR) is 85.4 cm³/mol. The lowest BCUT2D eigenvalue weighted by Gasteiger charge is -2.09. The first-order valence-corrected chi connectivity index (χ1v) is 8.44. The molecule has 17 heavy (non-hydrogen) atoms. The van der Waals surface area contributed by atoms with Crippen LogP contribution in [0.1, 0.15) is 60.8 Å². The third-order valence-corrected chi connectivity index (χ3v) is 4.72. The lowest BCUT2D eigenvalue weighted by Crippen LogP contribution is -1.98. The second-order valence-electron chi connectivity index (χ2n) is 5.76. The average molecular weight is 257 g/mol. The molecular weight excluding hydrogens is 226 g/mol. The van der Waals surface area contributed by atoms with Crippen molar-refractivity contribution in [3.63, 3.8) is 0 Å². The fourth-order valence-corrected chi connectivity index (χ4v) is 3.58. The minimum atomic E-state index is 0.139. The fraction of sp³-hybridized carbons (Fsp3) is 0.867. The molecule has 0 saturated carbocycles. The Hall–Kier alpha value is -0.110. The highest BCUT2D eigenvalue weighted by molar-refractivity contribution is 8.13. The van der Waals surface area contributed by atoms with Gasteiger partial charge in [0.15, 0.2) is 0 Å². The van der Waals surface area contributed by atoms with E-state index in [2.05, 4.69) is 53.1 Å². The molecule has 1 nitrogen and oxygen atoms in total. The van der Waals surface area contributed by atoms with Crippen LogP contribution in [0.2, 0.25) is 0 Å². The van der Waals surface area contributed by atoms with E-state index in [4.69, 9.17) is 4.40 Å². The van der Waals surface area contributed by atoms with Gasteiger partial charge in [-0.25, -0.2) is 4.40 Å². The highest BCUT2D eigenvalue weighted by atomic mass is 32.2. The van der Waals surface area contributed by atoms with Gasteiger partial charge in [-0.2, -0.15) is 0 Å². The zero-order valence-corrected chi connectivity index (χ0v) is 13.4. The van der Waals surface area contributed by atoms with Crippen LogP contribution in [0.25, 0.3) is 0 Å². The molecule has 0 aliphatic rings. The third kappa shape index (κ3) is 10.7. The van der Waals surface area contributed by atoms with E-state index in [0.29, 0.717) is 5.92 Å². The molecule has 0 rings (SSSR count). The zero-order valence-electron chi connectivity index (χ0n) is 12.6. The van der Waals surface area contributed by atoms with E-state index < -0.39 is 0 Å². The second kappa shape index (κ2) is 9.87. The first kappa shape index (κ1) is 16.9. The Morgan fingerprint density at radius 3 is 2.24 bits per heavy atom. The Morgan fingerprint density at radius 2 is 1.76 bits per heavy atom. The van der Waals surface area contributed by atoms with Crippen molar-refractivity contribution in [1.82, 2.24) is 0 Å². The Balaban J connectivity index is 4.28. The number of hydrogen-bond acceptors (Lipinski definition) is 1. The zero-order chi connectivity index (χ0) is 13.3. The Bertz CT molecular complexity index is 241. The molecule has 0 fully saturated rings. The van der Waals surface area contributed by atoms with E-state index in [1.165, 1.54) is 18.6 Å². The summed E-state index contributed by atoms with van der Waals surface area (Å²) in [5.74, 6) is 3.37. The van der Waals surface area contributed by atoms with Crippen molar-refractivity contribution in [1.29, 1.82) is 0 Å². The van der Waals surface area contributed by atoms with Crippen LogP contribution in [0.3, 0.4) is 0 Å². The van der Waals surface area contributed by atoms with Crippen LogP contribution in [0, 0.1) is 17.8 Å². The fourth-order valence-electron chi connectivity index (χ4n) is 1.72. The molecule has 0 radical (unpaired) electrons. The lowest BCUT2D eigenvalue weighted by atomic mass is 10.0. The highest BCUT2D eigenvalue weighted by Crippen LogP contribution is 2.20. The van der Waals surface area contributed by atoms with Gasteiger partial charge in [-0.1, -0.05) is 65.1 Å². The number of hydrogen-bond donors (Lipinski definition) is 0. The van der Waals surface area contributed by atoms with Crippen LogP contribution in [0.5, 0.6) is 0 Å². The summed E-state index contributed by atoms with van der Waals surface area (Å²) >= 11 is 0. The number of nitrogens with zero attached hydrogens (tertiary/aromatic N) is 1. The molecule has 102 valence electrons. The maximum atomic E-state index is 4.77. The van der Waals surface area contributed by atoms with E-state index in [9.17, 15) is 0 Å². The normalized spacial score (nSPS) is 16.2. The summed E-state index contributed by atoms with van der Waals surface area (Å²) in [5, 5.41) is 2.40. The largest absolute Gasteiger partial charge is 0.236 e. The quantitative estimate of drug-likeness (QED) is 0.419. The molecule has 0 amide bonds. The predicted octanol–water partition coefficient (Wildman–Crippen LogP) is 5.18. The van der Waals surface area contributed by atoms with Crippen LogP contribution in [-0.4, -0.2) is 17.3 Å². The minimum absolute atomic E-state index is 0.139. The lowest BCUT2D eigenvalue weighted by molar-refractivity contribution is 0.548. The standard InChI is InChI=1S/C15H31NS/c1-7-8-15(6)9-10-16-17(11-13(2)3)12-14(4)5/h10-11,13-15H,7-9,12H2,1-6H3. The molecule has 2 unspecified atom stereocenters. The molecule has 0 aromatic heterocycles. The van der Waals surface area contributed by atoms with Crippen LogP contribution in [0.4, 0.5) is 0 Å². The van der Waals surface area contributed by atoms with Gasteiger partial charge in [-0.15, -0.1) is 0 Å². The van der Waals surface area contributed by atoms with Gasteiger partial charge in [-0.3, -0.25) is 0 Å². The van der Waals surface area contributed by atoms with Gasteiger partial charge in [0, 0.05) is 12.0 Å². The second-order valence-corrected chi connectivity index (χ2v) is 7.38. The van der Waals surface area contributed by atoms with Crippen molar-refractivity contribution in [3.05, 3.63) is 0 Å². The van der Waals surface area contributed by atoms with Crippen molar-refractivity contribution in [2.24, 2.45) is 22.2 Å². The Labute approximate surface area is 111 Å². The molecule has 2 heteroatoms. The average Bonchev–Trinajstić information content (AvgIpc) is 2.15. The smallest absolute Gasteiger partial charge is 0.0122 e. The molecular formula is C15H31NS. The van der Waals surface area contributed by atoms with Gasteiger partial charge in [-0.05, 0) is 29.5 Å². The molecule has 0 aliphatic heterocycles. The topological polar surface area (TPSA) is 12.4 Å². The van der Waals surface area contributed by atoms with E-state index in [0.717, 1.165) is 18.3 Å². The molecule has 0 bridgehead atoms. The Morgan fingerprint density at radius 1 is 1.12 bits per heavy atom. The summed E-state index contributed by atoms with van der Waals surface area (Å²) in [7, 11) is 0.139. The monoisotopic (exact) mass is 257 g/mol. The molecule has 0 heterocycles. The molecule has 0 aromatic carbocycles. The van der Waals surface area contributed by atoms with E-state index in [1.807, 2.05) is 0 Å². The first-order chi connectivity index (χ1) is 7.95. The van der Waals surface area contributed by atoms with Gasteiger partial charge in [0.2, 0.25) is 0 Å². The van der Waals surface area contributed by atoms with E-state index in [-0.39, 0.29) is 10.7 Å². The van der Waals surface area contributed by atoms with Crippen molar-refractivity contribution < 1.29 is 0 Å². The molecule has 2 atom stereocenters. The summed E-state index contributed by atoms with van der Waals surface area (Å²) in [6, 6.07) is 0. The van der Waals surface area contributed by atoms with E-state index in [1.54, 1.807) is 0 Å². The maximum Gasteiger partial charge on any atom is 0.0122 e. The third-order valence-electron chi connectivity index (χ3n) is 2.43. The summed E-state index contributed by atoms with van der Waals surface area (Å²) in [6.45, 7) is 13.6. The van der Waals surface area contributed by atoms with Crippen LogP contribution in [0.15, 0.2) is 4.40 Å². The van der Waals surface area contributed by atoms with Gasteiger partial charge in [0.25, 0.3) is 0 Å². The summed E-state index contributed by atoms with van der Waals surface area (Å²) in [5.41, 5.74) is 0. The van der Waals surface area contributed by atoms with Crippen molar-refractivity contribution >= 4 is 22.3 Å². The summed E-state index contributed by atoms with van der Waals surface area (Å²) < 4.78 is 4.77. The molecule has 0 aromatic rings. The highest BCUT2D eigenvalue weighted by Gasteiger charge is 2.01. The molecule has 0 saturated heterocycles. The molecule has 0 spiro atoms. The minimum Gasteiger partial charge on any atom is -0.236 e. The SMILES string of the molecule is CCCC(C)CC=N/S(=C/C(C)C)CC(C)C. The summed E-state index contributed by atoms with van der Waals surface area (Å²) in [6.07, 6.45) is 5.91. The number of rotatable bonds is 8. The van der Waals surface area contributed by atoms with Crippen LogP contribution >= 0.6 is 10.7 Å². The molecule has 0 aliphatic carbocycles. The van der Waals surface area contributed by atoms with Crippen LogP contribution < -0.4 is 0 Å². The molecule has 0 N–H and O–H groups in total. The van der Waals surface area contributed by atoms with Gasteiger partial charge < -0.3 is 0 Å².